The van der Waals surface area contributed by atoms with E-state index in [2.05, 4.69) is 15.6 Å². The van der Waals surface area contributed by atoms with Crippen molar-refractivity contribution in [3.63, 3.8) is 0 Å². The lowest BCUT2D eigenvalue weighted by Crippen LogP contribution is -2.63. The third-order valence-corrected chi connectivity index (χ3v) is 4.25. The number of ether oxygens (including phenoxy) is 1. The fourth-order valence-corrected chi connectivity index (χ4v) is 2.95. The van der Waals surface area contributed by atoms with Crippen molar-refractivity contribution >= 4 is 18.0 Å². The number of carbonyl (C=O) groups is 2. The average Bonchev–Trinajstić information content (AvgIpc) is 2.90. The molecule has 2 fully saturated rings. The van der Waals surface area contributed by atoms with Crippen LogP contribution in [0.1, 0.15) is 47.0 Å². The first-order chi connectivity index (χ1) is 12.3. The molecule has 2 rings (SSSR count). The van der Waals surface area contributed by atoms with Gasteiger partial charge in [-0.3, -0.25) is 9.79 Å². The second-order valence-corrected chi connectivity index (χ2v) is 7.83. The lowest BCUT2D eigenvalue weighted by molar-refractivity contribution is -0.127. The number of hydrogen-bond acceptors (Lipinski definition) is 4. The molecule has 0 aromatic heterocycles. The number of rotatable bonds is 6. The van der Waals surface area contributed by atoms with E-state index in [9.17, 15) is 9.59 Å². The molecule has 0 unspecified atom stereocenters. The zero-order valence-electron chi connectivity index (χ0n) is 16.5. The number of amides is 2. The number of nitrogens with zero attached hydrogens (tertiary/aromatic N) is 3. The molecule has 8 nitrogen and oxygen atoms in total. The smallest absolute Gasteiger partial charge is 0.410 e. The highest BCUT2D eigenvalue weighted by atomic mass is 16.6. The summed E-state index contributed by atoms with van der Waals surface area (Å²) in [6.07, 6.45) is 2.25. The van der Waals surface area contributed by atoms with Crippen molar-refractivity contribution in [2.45, 2.75) is 58.6 Å². The van der Waals surface area contributed by atoms with E-state index in [1.165, 1.54) is 0 Å². The molecule has 148 valence electrons. The fourth-order valence-electron chi connectivity index (χ4n) is 2.95. The van der Waals surface area contributed by atoms with Crippen LogP contribution in [0.3, 0.4) is 0 Å². The molecule has 2 aliphatic heterocycles. The third-order valence-electron chi connectivity index (χ3n) is 4.25. The summed E-state index contributed by atoms with van der Waals surface area (Å²) in [5, 5.41) is 6.57. The number of guanidine groups is 1. The van der Waals surface area contributed by atoms with E-state index in [1.54, 1.807) is 4.90 Å². The number of aliphatic imine (C=N–C) groups is 1. The zero-order valence-corrected chi connectivity index (χ0v) is 16.5. The van der Waals surface area contributed by atoms with Gasteiger partial charge in [0.15, 0.2) is 5.96 Å². The van der Waals surface area contributed by atoms with Crippen LogP contribution in [-0.4, -0.2) is 78.7 Å². The quantitative estimate of drug-likeness (QED) is 0.418. The van der Waals surface area contributed by atoms with Crippen LogP contribution in [-0.2, 0) is 9.53 Å². The second-order valence-electron chi connectivity index (χ2n) is 7.83. The van der Waals surface area contributed by atoms with Crippen molar-refractivity contribution in [2.75, 3.05) is 39.3 Å². The molecule has 8 heteroatoms. The van der Waals surface area contributed by atoms with Crippen molar-refractivity contribution in [3.8, 4) is 0 Å². The lowest BCUT2D eigenvalue weighted by Gasteiger charge is -2.40. The molecule has 0 bridgehead atoms. The molecule has 0 aromatic rings. The van der Waals surface area contributed by atoms with Crippen molar-refractivity contribution < 1.29 is 14.3 Å². The Morgan fingerprint density at radius 2 is 2.08 bits per heavy atom. The molecule has 0 spiro atoms. The van der Waals surface area contributed by atoms with Gasteiger partial charge in [0.1, 0.15) is 5.60 Å². The van der Waals surface area contributed by atoms with E-state index in [4.69, 9.17) is 4.74 Å². The van der Waals surface area contributed by atoms with Crippen LogP contribution < -0.4 is 10.6 Å². The zero-order chi connectivity index (χ0) is 19.2. The maximum Gasteiger partial charge on any atom is 0.410 e. The van der Waals surface area contributed by atoms with Gasteiger partial charge in [-0.05, 0) is 40.5 Å². The van der Waals surface area contributed by atoms with Gasteiger partial charge in [-0.15, -0.1) is 0 Å². The van der Waals surface area contributed by atoms with Gasteiger partial charge in [0.2, 0.25) is 5.91 Å². The number of likely N-dealkylation sites (tertiary alicyclic amines) is 2. The monoisotopic (exact) mass is 367 g/mol. The molecule has 2 amide bonds. The normalized spacial score (nSPS) is 18.8. The van der Waals surface area contributed by atoms with Crippen molar-refractivity contribution in [1.82, 2.24) is 20.4 Å². The largest absolute Gasteiger partial charge is 0.444 e. The highest BCUT2D eigenvalue weighted by Crippen LogP contribution is 2.15. The molecule has 2 aliphatic rings. The second kappa shape index (κ2) is 9.09. The highest BCUT2D eigenvalue weighted by molar-refractivity contribution is 5.80. The van der Waals surface area contributed by atoms with Gasteiger partial charge in [-0.2, -0.15) is 0 Å². The summed E-state index contributed by atoms with van der Waals surface area (Å²) < 4.78 is 5.36. The lowest BCUT2D eigenvalue weighted by atomic mass is 10.1. The Bertz CT molecular complexity index is 523. The third kappa shape index (κ3) is 6.38. The maximum atomic E-state index is 12.0. The Hall–Kier alpha value is -1.99. The van der Waals surface area contributed by atoms with Gasteiger partial charge < -0.3 is 25.2 Å². The van der Waals surface area contributed by atoms with Crippen LogP contribution in [0.25, 0.3) is 0 Å². The minimum Gasteiger partial charge on any atom is -0.444 e. The summed E-state index contributed by atoms with van der Waals surface area (Å²) in [6, 6.07) is 0.181. The Kier molecular flexibility index (Phi) is 7.11. The number of carbonyl (C=O) groups excluding carboxylic acids is 2. The number of nitrogens with one attached hydrogen (secondary N) is 2. The SMILES string of the molecule is CCNC(=NCCCN1CCCC1=O)NC1CN(C(=O)OC(C)(C)C)C1. The van der Waals surface area contributed by atoms with E-state index >= 15 is 0 Å². The Morgan fingerprint density at radius 1 is 1.35 bits per heavy atom. The molecule has 0 saturated carbocycles. The van der Waals surface area contributed by atoms with Crippen LogP contribution in [0, 0.1) is 0 Å². The summed E-state index contributed by atoms with van der Waals surface area (Å²) in [6.45, 7) is 11.9. The predicted molar refractivity (Wildman–Crippen MR) is 101 cm³/mol. The summed E-state index contributed by atoms with van der Waals surface area (Å²) in [5.41, 5.74) is -0.470. The van der Waals surface area contributed by atoms with Crippen molar-refractivity contribution in [1.29, 1.82) is 0 Å². The predicted octanol–water partition coefficient (Wildman–Crippen LogP) is 1.17. The summed E-state index contributed by atoms with van der Waals surface area (Å²) in [7, 11) is 0. The molecule has 26 heavy (non-hydrogen) atoms. The standard InChI is InChI=1S/C18H33N5O3/c1-5-19-16(20-9-7-11-22-10-6-8-15(22)24)21-14-12-23(13-14)17(25)26-18(2,3)4/h14H,5-13H2,1-4H3,(H2,19,20,21). The van der Waals surface area contributed by atoms with Gasteiger partial charge in [0.05, 0.1) is 6.04 Å². The Labute approximate surface area is 156 Å². The van der Waals surface area contributed by atoms with Crippen LogP contribution in [0.5, 0.6) is 0 Å². The summed E-state index contributed by atoms with van der Waals surface area (Å²) >= 11 is 0. The Morgan fingerprint density at radius 3 is 2.65 bits per heavy atom. The van der Waals surface area contributed by atoms with Crippen LogP contribution in [0.15, 0.2) is 4.99 Å². The van der Waals surface area contributed by atoms with Crippen molar-refractivity contribution in [2.24, 2.45) is 4.99 Å². The topological polar surface area (TPSA) is 86.3 Å². The van der Waals surface area contributed by atoms with Crippen LogP contribution >= 0.6 is 0 Å². The van der Waals surface area contributed by atoms with E-state index in [-0.39, 0.29) is 18.0 Å². The van der Waals surface area contributed by atoms with Gasteiger partial charge in [0.25, 0.3) is 0 Å². The average molecular weight is 367 g/mol. The molecule has 2 N–H and O–H groups in total. The Balaban J connectivity index is 1.69. The highest BCUT2D eigenvalue weighted by Gasteiger charge is 2.34. The fraction of sp³-hybridized carbons (Fsp3) is 0.833. The first-order valence-electron chi connectivity index (χ1n) is 9.59. The summed E-state index contributed by atoms with van der Waals surface area (Å²) in [4.78, 5) is 31.7. The first kappa shape index (κ1) is 20.3. The first-order valence-corrected chi connectivity index (χ1v) is 9.59. The minimum absolute atomic E-state index is 0.181. The molecule has 0 atom stereocenters. The van der Waals surface area contributed by atoms with Gasteiger partial charge >= 0.3 is 6.09 Å². The van der Waals surface area contributed by atoms with E-state index in [1.807, 2.05) is 32.6 Å². The summed E-state index contributed by atoms with van der Waals surface area (Å²) in [5.74, 6) is 1.02. The number of hydrogen-bond donors (Lipinski definition) is 2. The molecule has 2 heterocycles. The van der Waals surface area contributed by atoms with Gasteiger partial charge in [-0.1, -0.05) is 0 Å². The van der Waals surface area contributed by atoms with E-state index in [0.29, 0.717) is 26.1 Å². The van der Waals surface area contributed by atoms with Gasteiger partial charge in [0, 0.05) is 45.7 Å². The minimum atomic E-state index is -0.470. The van der Waals surface area contributed by atoms with E-state index in [0.717, 1.165) is 38.4 Å². The molecular formula is C18H33N5O3. The van der Waals surface area contributed by atoms with E-state index < -0.39 is 5.60 Å². The molecule has 0 aliphatic carbocycles. The molecule has 2 saturated heterocycles. The molecule has 0 radical (unpaired) electrons. The van der Waals surface area contributed by atoms with Crippen LogP contribution in [0.4, 0.5) is 4.79 Å². The van der Waals surface area contributed by atoms with Crippen LogP contribution in [0.2, 0.25) is 0 Å². The molecule has 0 aromatic carbocycles. The van der Waals surface area contributed by atoms with Gasteiger partial charge in [-0.25, -0.2) is 4.79 Å². The molecular weight excluding hydrogens is 334 g/mol. The maximum absolute atomic E-state index is 12.0. The van der Waals surface area contributed by atoms with Crippen molar-refractivity contribution in [3.05, 3.63) is 0 Å².